The van der Waals surface area contributed by atoms with Crippen LogP contribution in [0.4, 0.5) is 4.39 Å². The third-order valence-corrected chi connectivity index (χ3v) is 3.28. The monoisotopic (exact) mass is 287 g/mol. The molecule has 16 heavy (non-hydrogen) atoms. The van der Waals surface area contributed by atoms with Crippen LogP contribution in [0.3, 0.4) is 0 Å². The van der Waals surface area contributed by atoms with E-state index in [2.05, 4.69) is 29.8 Å². The van der Waals surface area contributed by atoms with Gasteiger partial charge in [-0.3, -0.25) is 0 Å². The third kappa shape index (κ3) is 4.22. The SMILES string of the molecule is CC(C)CCCC(N)c1ccc(F)c(Br)c1. The van der Waals surface area contributed by atoms with Crippen molar-refractivity contribution in [2.45, 2.75) is 39.2 Å². The Morgan fingerprint density at radius 1 is 1.31 bits per heavy atom. The number of benzene rings is 1. The quantitative estimate of drug-likeness (QED) is 0.853. The summed E-state index contributed by atoms with van der Waals surface area (Å²) < 4.78 is 13.5. The van der Waals surface area contributed by atoms with Gasteiger partial charge < -0.3 is 5.73 Å². The maximum absolute atomic E-state index is 13.0. The Labute approximate surface area is 105 Å². The molecule has 1 nitrogen and oxygen atoms in total. The fraction of sp³-hybridized carbons (Fsp3) is 0.538. The summed E-state index contributed by atoms with van der Waals surface area (Å²) in [7, 11) is 0. The molecule has 0 bridgehead atoms. The first kappa shape index (κ1) is 13.7. The van der Waals surface area contributed by atoms with Crippen LogP contribution in [0.5, 0.6) is 0 Å². The summed E-state index contributed by atoms with van der Waals surface area (Å²) in [5.41, 5.74) is 7.05. The number of hydrogen-bond acceptors (Lipinski definition) is 1. The molecule has 3 heteroatoms. The topological polar surface area (TPSA) is 26.0 Å². The molecule has 0 saturated carbocycles. The van der Waals surface area contributed by atoms with Crippen LogP contribution >= 0.6 is 15.9 Å². The van der Waals surface area contributed by atoms with Crippen LogP contribution in [0.1, 0.15) is 44.7 Å². The predicted octanol–water partition coefficient (Wildman–Crippen LogP) is 4.41. The Morgan fingerprint density at radius 2 is 2.00 bits per heavy atom. The lowest BCUT2D eigenvalue weighted by Crippen LogP contribution is -2.10. The van der Waals surface area contributed by atoms with Crippen LogP contribution in [0, 0.1) is 11.7 Å². The minimum absolute atomic E-state index is 0.00986. The molecule has 1 aromatic rings. The van der Waals surface area contributed by atoms with E-state index < -0.39 is 0 Å². The smallest absolute Gasteiger partial charge is 0.137 e. The summed E-state index contributed by atoms with van der Waals surface area (Å²) in [6, 6.07) is 5.01. The van der Waals surface area contributed by atoms with Gasteiger partial charge in [-0.2, -0.15) is 0 Å². The van der Waals surface area contributed by atoms with E-state index in [0.717, 1.165) is 18.4 Å². The van der Waals surface area contributed by atoms with E-state index >= 15 is 0 Å². The van der Waals surface area contributed by atoms with Gasteiger partial charge in [-0.1, -0.05) is 32.8 Å². The normalized spacial score (nSPS) is 13.1. The maximum Gasteiger partial charge on any atom is 0.137 e. The highest BCUT2D eigenvalue weighted by Gasteiger charge is 2.08. The van der Waals surface area contributed by atoms with E-state index in [9.17, 15) is 4.39 Å². The van der Waals surface area contributed by atoms with Crippen molar-refractivity contribution in [3.05, 3.63) is 34.1 Å². The second-order valence-electron chi connectivity index (χ2n) is 4.60. The molecular formula is C13H19BrFN. The van der Waals surface area contributed by atoms with Gasteiger partial charge in [-0.05, 0) is 46.0 Å². The zero-order valence-electron chi connectivity index (χ0n) is 9.84. The zero-order valence-corrected chi connectivity index (χ0v) is 11.4. The van der Waals surface area contributed by atoms with Crippen LogP contribution < -0.4 is 5.73 Å². The van der Waals surface area contributed by atoms with Gasteiger partial charge in [0.25, 0.3) is 0 Å². The molecule has 1 rings (SSSR count). The lowest BCUT2D eigenvalue weighted by atomic mass is 9.99. The number of nitrogens with two attached hydrogens (primary N) is 1. The molecule has 2 N–H and O–H groups in total. The Bertz CT molecular complexity index is 339. The molecule has 0 aromatic heterocycles. The van der Waals surface area contributed by atoms with Gasteiger partial charge in [0.1, 0.15) is 5.82 Å². The van der Waals surface area contributed by atoms with E-state index in [0.29, 0.717) is 10.4 Å². The average Bonchev–Trinajstić information content (AvgIpc) is 2.21. The molecule has 0 saturated heterocycles. The van der Waals surface area contributed by atoms with Crippen molar-refractivity contribution in [1.29, 1.82) is 0 Å². The molecule has 0 heterocycles. The predicted molar refractivity (Wildman–Crippen MR) is 69.7 cm³/mol. The van der Waals surface area contributed by atoms with Gasteiger partial charge in [0.2, 0.25) is 0 Å². The van der Waals surface area contributed by atoms with Crippen molar-refractivity contribution in [2.75, 3.05) is 0 Å². The van der Waals surface area contributed by atoms with E-state index in [4.69, 9.17) is 5.73 Å². The molecule has 1 aromatic carbocycles. The van der Waals surface area contributed by atoms with Gasteiger partial charge in [-0.25, -0.2) is 4.39 Å². The third-order valence-electron chi connectivity index (χ3n) is 2.67. The molecule has 0 spiro atoms. The second-order valence-corrected chi connectivity index (χ2v) is 5.46. The number of rotatable bonds is 5. The van der Waals surface area contributed by atoms with Crippen LogP contribution in [-0.4, -0.2) is 0 Å². The summed E-state index contributed by atoms with van der Waals surface area (Å²) >= 11 is 3.18. The first-order chi connectivity index (χ1) is 7.50. The molecule has 1 unspecified atom stereocenters. The van der Waals surface area contributed by atoms with Crippen LogP contribution in [0.15, 0.2) is 22.7 Å². The van der Waals surface area contributed by atoms with Crippen LogP contribution in [0.2, 0.25) is 0 Å². The summed E-state index contributed by atoms with van der Waals surface area (Å²) in [6.45, 7) is 4.42. The molecule has 0 fully saturated rings. The Balaban J connectivity index is 2.52. The van der Waals surface area contributed by atoms with E-state index in [1.165, 1.54) is 12.5 Å². The highest BCUT2D eigenvalue weighted by Crippen LogP contribution is 2.23. The molecule has 1 atom stereocenters. The maximum atomic E-state index is 13.0. The fourth-order valence-corrected chi connectivity index (χ4v) is 2.05. The van der Waals surface area contributed by atoms with Gasteiger partial charge in [0, 0.05) is 6.04 Å². The zero-order chi connectivity index (χ0) is 12.1. The van der Waals surface area contributed by atoms with Gasteiger partial charge in [-0.15, -0.1) is 0 Å². The lowest BCUT2D eigenvalue weighted by Gasteiger charge is -2.13. The molecular weight excluding hydrogens is 269 g/mol. The largest absolute Gasteiger partial charge is 0.324 e. The van der Waals surface area contributed by atoms with Gasteiger partial charge in [0.15, 0.2) is 0 Å². The van der Waals surface area contributed by atoms with Crippen molar-refractivity contribution < 1.29 is 4.39 Å². The first-order valence-electron chi connectivity index (χ1n) is 5.71. The molecule has 0 aliphatic rings. The fourth-order valence-electron chi connectivity index (χ4n) is 1.66. The molecule has 90 valence electrons. The van der Waals surface area contributed by atoms with E-state index in [-0.39, 0.29) is 11.9 Å². The number of hydrogen-bond donors (Lipinski definition) is 1. The first-order valence-corrected chi connectivity index (χ1v) is 6.50. The minimum Gasteiger partial charge on any atom is -0.324 e. The van der Waals surface area contributed by atoms with E-state index in [1.54, 1.807) is 12.1 Å². The Morgan fingerprint density at radius 3 is 2.56 bits per heavy atom. The summed E-state index contributed by atoms with van der Waals surface area (Å²) in [5.74, 6) is 0.477. The van der Waals surface area contributed by atoms with Crippen molar-refractivity contribution in [1.82, 2.24) is 0 Å². The van der Waals surface area contributed by atoms with Crippen molar-refractivity contribution in [2.24, 2.45) is 11.7 Å². The second kappa shape index (κ2) is 6.36. The van der Waals surface area contributed by atoms with Crippen molar-refractivity contribution >= 4 is 15.9 Å². The summed E-state index contributed by atoms with van der Waals surface area (Å²) in [6.07, 6.45) is 3.26. The van der Waals surface area contributed by atoms with Crippen LogP contribution in [0.25, 0.3) is 0 Å². The average molecular weight is 288 g/mol. The Hall–Kier alpha value is -0.410. The highest BCUT2D eigenvalue weighted by atomic mass is 79.9. The lowest BCUT2D eigenvalue weighted by molar-refractivity contribution is 0.505. The van der Waals surface area contributed by atoms with Gasteiger partial charge in [0.05, 0.1) is 4.47 Å². The van der Waals surface area contributed by atoms with Gasteiger partial charge >= 0.3 is 0 Å². The Kier molecular flexibility index (Phi) is 5.42. The number of halogens is 2. The standard InChI is InChI=1S/C13H19BrFN/c1-9(2)4-3-5-13(16)10-6-7-12(15)11(14)8-10/h6-9,13H,3-5,16H2,1-2H3. The summed E-state index contributed by atoms with van der Waals surface area (Å²) in [4.78, 5) is 0. The summed E-state index contributed by atoms with van der Waals surface area (Å²) in [5, 5.41) is 0. The molecule has 0 aliphatic carbocycles. The molecule has 0 amide bonds. The molecule has 0 aliphatic heterocycles. The highest BCUT2D eigenvalue weighted by molar-refractivity contribution is 9.10. The molecule has 0 radical (unpaired) electrons. The van der Waals surface area contributed by atoms with Crippen molar-refractivity contribution in [3.63, 3.8) is 0 Å². The van der Waals surface area contributed by atoms with Crippen LogP contribution in [-0.2, 0) is 0 Å². The van der Waals surface area contributed by atoms with E-state index in [1.807, 2.05) is 0 Å². The minimum atomic E-state index is -0.238. The van der Waals surface area contributed by atoms with Crippen molar-refractivity contribution in [3.8, 4) is 0 Å².